The van der Waals surface area contributed by atoms with Gasteiger partial charge in [0, 0.05) is 18.8 Å². The van der Waals surface area contributed by atoms with Crippen LogP contribution in [0, 0.1) is 13.8 Å². The molecule has 120 valence electrons. The van der Waals surface area contributed by atoms with Crippen molar-refractivity contribution in [2.24, 2.45) is 0 Å². The number of rotatable bonds is 4. The molecule has 0 saturated carbocycles. The van der Waals surface area contributed by atoms with Crippen molar-refractivity contribution in [1.82, 2.24) is 0 Å². The molecular weight excluding hydrogens is 286 g/mol. The predicted molar refractivity (Wildman–Crippen MR) is 93.2 cm³/mol. The number of anilines is 1. The Kier molecular flexibility index (Phi) is 4.65. The van der Waals surface area contributed by atoms with Crippen molar-refractivity contribution in [2.45, 2.75) is 32.6 Å². The molecule has 0 unspecified atom stereocenters. The van der Waals surface area contributed by atoms with E-state index in [0.717, 1.165) is 25.9 Å². The van der Waals surface area contributed by atoms with E-state index in [1.807, 2.05) is 12.1 Å². The SMILES string of the molecule is Cc1cc(C)cc(N2CCC(c3ccc(OC=O)cc3)CC2)c1. The summed E-state index contributed by atoms with van der Waals surface area (Å²) in [6.07, 6.45) is 2.31. The highest BCUT2D eigenvalue weighted by Gasteiger charge is 2.21. The maximum atomic E-state index is 10.4. The first-order chi connectivity index (χ1) is 11.2. The largest absolute Gasteiger partial charge is 0.429 e. The molecule has 0 atom stereocenters. The molecule has 0 aliphatic carbocycles. The molecule has 1 fully saturated rings. The summed E-state index contributed by atoms with van der Waals surface area (Å²) in [6.45, 7) is 6.95. The summed E-state index contributed by atoms with van der Waals surface area (Å²) < 4.78 is 4.86. The lowest BCUT2D eigenvalue weighted by Crippen LogP contribution is -2.32. The second-order valence-corrected chi connectivity index (χ2v) is 6.39. The number of hydrogen-bond acceptors (Lipinski definition) is 3. The Morgan fingerprint density at radius 3 is 2.17 bits per heavy atom. The van der Waals surface area contributed by atoms with E-state index < -0.39 is 0 Å². The van der Waals surface area contributed by atoms with Gasteiger partial charge in [-0.05, 0) is 73.6 Å². The fourth-order valence-corrected chi connectivity index (χ4v) is 3.48. The summed E-state index contributed by atoms with van der Waals surface area (Å²) in [5.41, 5.74) is 5.33. The fourth-order valence-electron chi connectivity index (χ4n) is 3.48. The van der Waals surface area contributed by atoms with Crippen molar-refractivity contribution in [3.63, 3.8) is 0 Å². The monoisotopic (exact) mass is 309 g/mol. The predicted octanol–water partition coefficient (Wildman–Crippen LogP) is 4.22. The zero-order chi connectivity index (χ0) is 16.2. The number of hydrogen-bond donors (Lipinski definition) is 0. The Bertz CT molecular complexity index is 650. The van der Waals surface area contributed by atoms with Crippen LogP contribution in [0.4, 0.5) is 5.69 Å². The highest BCUT2D eigenvalue weighted by molar-refractivity contribution is 5.51. The second kappa shape index (κ2) is 6.86. The van der Waals surface area contributed by atoms with E-state index in [1.165, 1.54) is 22.4 Å². The molecule has 0 amide bonds. The molecule has 2 aromatic rings. The van der Waals surface area contributed by atoms with Crippen LogP contribution in [0.15, 0.2) is 42.5 Å². The van der Waals surface area contributed by atoms with Gasteiger partial charge in [0.05, 0.1) is 0 Å². The van der Waals surface area contributed by atoms with Crippen LogP contribution in [0.3, 0.4) is 0 Å². The maximum absolute atomic E-state index is 10.4. The minimum absolute atomic E-state index is 0.470. The van der Waals surface area contributed by atoms with Gasteiger partial charge >= 0.3 is 0 Å². The van der Waals surface area contributed by atoms with Gasteiger partial charge in [0.2, 0.25) is 0 Å². The van der Waals surface area contributed by atoms with Crippen molar-refractivity contribution in [1.29, 1.82) is 0 Å². The van der Waals surface area contributed by atoms with E-state index >= 15 is 0 Å². The van der Waals surface area contributed by atoms with Crippen molar-refractivity contribution < 1.29 is 9.53 Å². The Hall–Kier alpha value is -2.29. The first kappa shape index (κ1) is 15.6. The lowest BCUT2D eigenvalue weighted by molar-refractivity contribution is -0.120. The molecule has 0 radical (unpaired) electrons. The topological polar surface area (TPSA) is 29.5 Å². The molecule has 0 spiro atoms. The van der Waals surface area contributed by atoms with E-state index in [4.69, 9.17) is 4.74 Å². The van der Waals surface area contributed by atoms with Gasteiger partial charge in [-0.25, -0.2) is 0 Å². The summed E-state index contributed by atoms with van der Waals surface area (Å²) in [7, 11) is 0. The van der Waals surface area contributed by atoms with Crippen LogP contribution in [0.2, 0.25) is 0 Å². The van der Waals surface area contributed by atoms with E-state index in [0.29, 0.717) is 18.1 Å². The number of carbonyl (C=O) groups is 1. The van der Waals surface area contributed by atoms with E-state index in [-0.39, 0.29) is 0 Å². The Balaban J connectivity index is 1.64. The van der Waals surface area contributed by atoms with Crippen LogP contribution in [0.5, 0.6) is 5.75 Å². The Morgan fingerprint density at radius 2 is 1.61 bits per heavy atom. The standard InChI is InChI=1S/C20H23NO2/c1-15-11-16(2)13-19(12-15)21-9-7-18(8-10-21)17-3-5-20(6-4-17)23-14-22/h3-6,11-14,18H,7-10H2,1-2H3. The van der Waals surface area contributed by atoms with E-state index in [2.05, 4.69) is 49.1 Å². The van der Waals surface area contributed by atoms with Crippen LogP contribution in [0.1, 0.15) is 35.4 Å². The van der Waals surface area contributed by atoms with Gasteiger partial charge in [-0.15, -0.1) is 0 Å². The number of aryl methyl sites for hydroxylation is 2. The van der Waals surface area contributed by atoms with Gasteiger partial charge in [0.15, 0.2) is 0 Å². The minimum Gasteiger partial charge on any atom is -0.429 e. The average Bonchev–Trinajstić information content (AvgIpc) is 2.55. The fraction of sp³-hybridized carbons (Fsp3) is 0.350. The van der Waals surface area contributed by atoms with Crippen LogP contribution < -0.4 is 9.64 Å². The summed E-state index contributed by atoms with van der Waals surface area (Å²) in [5, 5.41) is 0. The van der Waals surface area contributed by atoms with E-state index in [1.54, 1.807) is 0 Å². The molecular formula is C20H23NO2. The normalized spacial score (nSPS) is 15.5. The van der Waals surface area contributed by atoms with Gasteiger partial charge in [-0.1, -0.05) is 18.2 Å². The average molecular weight is 309 g/mol. The number of carbonyl (C=O) groups excluding carboxylic acids is 1. The molecule has 1 aliphatic rings. The van der Waals surface area contributed by atoms with Crippen LogP contribution in [-0.4, -0.2) is 19.6 Å². The number of ether oxygens (including phenoxy) is 1. The van der Waals surface area contributed by atoms with E-state index in [9.17, 15) is 4.79 Å². The number of benzene rings is 2. The first-order valence-electron chi connectivity index (χ1n) is 8.19. The smallest absolute Gasteiger partial charge is 0.298 e. The molecule has 1 aliphatic heterocycles. The number of nitrogens with zero attached hydrogens (tertiary/aromatic N) is 1. The van der Waals surface area contributed by atoms with Crippen molar-refractivity contribution >= 4 is 12.2 Å². The van der Waals surface area contributed by atoms with Crippen molar-refractivity contribution in [3.05, 3.63) is 59.2 Å². The highest BCUT2D eigenvalue weighted by atomic mass is 16.5. The zero-order valence-electron chi connectivity index (χ0n) is 13.8. The van der Waals surface area contributed by atoms with Gasteiger partial charge in [-0.3, -0.25) is 4.79 Å². The summed E-state index contributed by atoms with van der Waals surface area (Å²) in [6, 6.07) is 14.7. The third kappa shape index (κ3) is 3.73. The number of piperidine rings is 1. The Morgan fingerprint density at radius 1 is 1.00 bits per heavy atom. The lowest BCUT2D eigenvalue weighted by atomic mass is 9.89. The molecule has 1 saturated heterocycles. The molecule has 23 heavy (non-hydrogen) atoms. The van der Waals surface area contributed by atoms with Crippen LogP contribution in [-0.2, 0) is 4.79 Å². The van der Waals surface area contributed by atoms with Gasteiger partial charge in [0.1, 0.15) is 5.75 Å². The van der Waals surface area contributed by atoms with Crippen molar-refractivity contribution in [2.75, 3.05) is 18.0 Å². The molecule has 3 heteroatoms. The summed E-state index contributed by atoms with van der Waals surface area (Å²) >= 11 is 0. The maximum Gasteiger partial charge on any atom is 0.298 e. The molecule has 3 nitrogen and oxygen atoms in total. The van der Waals surface area contributed by atoms with Gasteiger partial charge in [-0.2, -0.15) is 0 Å². The van der Waals surface area contributed by atoms with Gasteiger partial charge < -0.3 is 9.64 Å². The molecule has 0 N–H and O–H groups in total. The molecule has 1 heterocycles. The quantitative estimate of drug-likeness (QED) is 0.792. The second-order valence-electron chi connectivity index (χ2n) is 6.39. The first-order valence-corrected chi connectivity index (χ1v) is 8.19. The molecule has 2 aromatic carbocycles. The third-order valence-electron chi connectivity index (χ3n) is 4.60. The Labute approximate surface area is 137 Å². The zero-order valence-corrected chi connectivity index (χ0v) is 13.8. The summed E-state index contributed by atoms with van der Waals surface area (Å²) in [4.78, 5) is 12.8. The highest BCUT2D eigenvalue weighted by Crippen LogP contribution is 2.31. The van der Waals surface area contributed by atoms with Crippen molar-refractivity contribution in [3.8, 4) is 5.75 Å². The third-order valence-corrected chi connectivity index (χ3v) is 4.60. The lowest BCUT2D eigenvalue weighted by Gasteiger charge is -2.34. The van der Waals surface area contributed by atoms with Crippen LogP contribution >= 0.6 is 0 Å². The molecule has 0 aromatic heterocycles. The molecule has 0 bridgehead atoms. The molecule has 3 rings (SSSR count). The minimum atomic E-state index is 0.470. The van der Waals surface area contributed by atoms with Gasteiger partial charge in [0.25, 0.3) is 6.47 Å². The summed E-state index contributed by atoms with van der Waals surface area (Å²) in [5.74, 6) is 1.19. The van der Waals surface area contributed by atoms with Crippen LogP contribution in [0.25, 0.3) is 0 Å².